The lowest BCUT2D eigenvalue weighted by Gasteiger charge is -2.07. The van der Waals surface area contributed by atoms with E-state index in [4.69, 9.17) is 4.74 Å². The van der Waals surface area contributed by atoms with Crippen LogP contribution < -0.4 is 4.74 Å². The van der Waals surface area contributed by atoms with Crippen LogP contribution in [-0.4, -0.2) is 28.3 Å². The van der Waals surface area contributed by atoms with Crippen LogP contribution in [0.2, 0.25) is 0 Å². The largest absolute Gasteiger partial charge is 0.497 e. The molecule has 100 valence electrons. The summed E-state index contributed by atoms with van der Waals surface area (Å²) in [5.74, 6) is 1.39. The lowest BCUT2D eigenvalue weighted by Crippen LogP contribution is -1.94. The second-order valence-electron chi connectivity index (χ2n) is 4.44. The maximum atomic E-state index is 11.2. The number of aromatic nitrogens is 3. The van der Waals surface area contributed by atoms with Gasteiger partial charge in [0.05, 0.1) is 18.2 Å². The summed E-state index contributed by atoms with van der Waals surface area (Å²) in [6.45, 7) is 1.82. The van der Waals surface area contributed by atoms with Crippen molar-refractivity contribution in [2.45, 2.75) is 6.92 Å². The van der Waals surface area contributed by atoms with Crippen LogP contribution in [0, 0.1) is 6.92 Å². The molecule has 3 rings (SSSR count). The predicted molar refractivity (Wildman–Crippen MR) is 76.0 cm³/mol. The number of hydrogen-bond acceptors (Lipinski definition) is 4. The maximum Gasteiger partial charge on any atom is 0.152 e. The fourth-order valence-electron chi connectivity index (χ4n) is 2.24. The molecule has 0 atom stereocenters. The van der Waals surface area contributed by atoms with Crippen molar-refractivity contribution in [2.75, 3.05) is 7.11 Å². The molecule has 1 N–H and O–H groups in total. The number of carbonyl (C=O) groups is 1. The smallest absolute Gasteiger partial charge is 0.152 e. The summed E-state index contributed by atoms with van der Waals surface area (Å²) < 4.78 is 5.24. The number of aromatic amines is 1. The Balaban J connectivity index is 2.33. The summed E-state index contributed by atoms with van der Waals surface area (Å²) in [6, 6.07) is 7.59. The molecule has 0 aliphatic carbocycles. The minimum atomic E-state index is 0.554. The molecule has 2 heterocycles. The van der Waals surface area contributed by atoms with Crippen LogP contribution >= 0.6 is 0 Å². The number of nitrogens with zero attached hydrogens (tertiary/aromatic N) is 2. The lowest BCUT2D eigenvalue weighted by atomic mass is 10.1. The summed E-state index contributed by atoms with van der Waals surface area (Å²) in [7, 11) is 1.62. The highest BCUT2D eigenvalue weighted by atomic mass is 16.5. The first-order valence-electron chi connectivity index (χ1n) is 6.18. The Bertz CT molecular complexity index is 793. The van der Waals surface area contributed by atoms with Crippen LogP contribution in [0.3, 0.4) is 0 Å². The Morgan fingerprint density at radius 1 is 1.30 bits per heavy atom. The molecule has 0 fully saturated rings. The number of ether oxygens (including phenoxy) is 1. The zero-order chi connectivity index (χ0) is 14.1. The predicted octanol–water partition coefficient (Wildman–Crippen LogP) is 2.75. The molecular weight excluding hydrogens is 254 g/mol. The van der Waals surface area contributed by atoms with E-state index in [0.717, 1.165) is 28.7 Å². The quantitative estimate of drug-likeness (QED) is 0.741. The van der Waals surface area contributed by atoms with Gasteiger partial charge in [0.1, 0.15) is 17.2 Å². The van der Waals surface area contributed by atoms with Gasteiger partial charge in [-0.2, -0.15) is 0 Å². The van der Waals surface area contributed by atoms with Gasteiger partial charge >= 0.3 is 0 Å². The SMILES string of the molecule is COc1cccc(-c2nc(C)nc3[nH]cc(C=O)c23)c1. The van der Waals surface area contributed by atoms with E-state index >= 15 is 0 Å². The van der Waals surface area contributed by atoms with Crippen molar-refractivity contribution < 1.29 is 9.53 Å². The highest BCUT2D eigenvalue weighted by molar-refractivity contribution is 6.03. The molecule has 0 radical (unpaired) electrons. The van der Waals surface area contributed by atoms with Crippen molar-refractivity contribution in [3.8, 4) is 17.0 Å². The Morgan fingerprint density at radius 2 is 2.15 bits per heavy atom. The van der Waals surface area contributed by atoms with Crippen molar-refractivity contribution in [2.24, 2.45) is 0 Å². The van der Waals surface area contributed by atoms with Gasteiger partial charge in [0.15, 0.2) is 6.29 Å². The van der Waals surface area contributed by atoms with E-state index in [0.29, 0.717) is 17.0 Å². The van der Waals surface area contributed by atoms with Gasteiger partial charge in [-0.15, -0.1) is 0 Å². The number of H-pyrrole nitrogens is 1. The monoisotopic (exact) mass is 267 g/mol. The Kier molecular flexibility index (Phi) is 2.95. The van der Waals surface area contributed by atoms with E-state index < -0.39 is 0 Å². The Morgan fingerprint density at radius 3 is 2.90 bits per heavy atom. The molecule has 20 heavy (non-hydrogen) atoms. The van der Waals surface area contributed by atoms with Gasteiger partial charge in [-0.1, -0.05) is 12.1 Å². The number of nitrogens with one attached hydrogen (secondary N) is 1. The van der Waals surface area contributed by atoms with Crippen LogP contribution in [0.15, 0.2) is 30.5 Å². The van der Waals surface area contributed by atoms with Gasteiger partial charge in [-0.3, -0.25) is 4.79 Å². The summed E-state index contributed by atoms with van der Waals surface area (Å²) in [5, 5.41) is 0.735. The number of benzene rings is 1. The minimum Gasteiger partial charge on any atom is -0.497 e. The van der Waals surface area contributed by atoms with E-state index in [1.807, 2.05) is 31.2 Å². The molecule has 2 aromatic heterocycles. The van der Waals surface area contributed by atoms with Crippen LogP contribution in [0.1, 0.15) is 16.2 Å². The first kappa shape index (κ1) is 12.3. The van der Waals surface area contributed by atoms with E-state index in [-0.39, 0.29) is 0 Å². The molecule has 5 heteroatoms. The van der Waals surface area contributed by atoms with Crippen LogP contribution in [0.5, 0.6) is 5.75 Å². The number of hydrogen-bond donors (Lipinski definition) is 1. The molecular formula is C15H13N3O2. The number of methoxy groups -OCH3 is 1. The maximum absolute atomic E-state index is 11.2. The van der Waals surface area contributed by atoms with Crippen molar-refractivity contribution >= 4 is 17.3 Å². The third-order valence-corrected chi connectivity index (χ3v) is 3.14. The third-order valence-electron chi connectivity index (χ3n) is 3.14. The number of aldehydes is 1. The van der Waals surface area contributed by atoms with E-state index in [1.165, 1.54) is 0 Å². The molecule has 0 aliphatic rings. The molecule has 0 saturated carbocycles. The number of rotatable bonds is 3. The lowest BCUT2D eigenvalue weighted by molar-refractivity contribution is 0.112. The first-order valence-corrected chi connectivity index (χ1v) is 6.18. The molecule has 0 saturated heterocycles. The zero-order valence-electron chi connectivity index (χ0n) is 11.2. The highest BCUT2D eigenvalue weighted by Gasteiger charge is 2.14. The van der Waals surface area contributed by atoms with Crippen molar-refractivity contribution in [1.29, 1.82) is 0 Å². The summed E-state index contributed by atoms with van der Waals surface area (Å²) in [4.78, 5) is 23.0. The number of carbonyl (C=O) groups excluding carboxylic acids is 1. The minimum absolute atomic E-state index is 0.554. The van der Waals surface area contributed by atoms with Crippen molar-refractivity contribution in [1.82, 2.24) is 15.0 Å². The van der Waals surface area contributed by atoms with E-state index in [1.54, 1.807) is 13.3 Å². The van der Waals surface area contributed by atoms with Crippen LogP contribution in [0.25, 0.3) is 22.3 Å². The Labute approximate surface area is 115 Å². The normalized spacial score (nSPS) is 10.7. The van der Waals surface area contributed by atoms with Gasteiger partial charge in [0, 0.05) is 17.3 Å². The number of fused-ring (bicyclic) bond motifs is 1. The Hall–Kier alpha value is -2.69. The van der Waals surface area contributed by atoms with Crippen LogP contribution in [0.4, 0.5) is 0 Å². The van der Waals surface area contributed by atoms with Crippen LogP contribution in [-0.2, 0) is 0 Å². The highest BCUT2D eigenvalue weighted by Crippen LogP contribution is 2.30. The number of aryl methyl sites for hydroxylation is 1. The molecule has 0 aliphatic heterocycles. The van der Waals surface area contributed by atoms with E-state index in [9.17, 15) is 4.79 Å². The van der Waals surface area contributed by atoms with Gasteiger partial charge in [-0.25, -0.2) is 9.97 Å². The molecule has 0 spiro atoms. The second kappa shape index (κ2) is 4.77. The van der Waals surface area contributed by atoms with Crippen molar-refractivity contribution in [3.05, 3.63) is 41.9 Å². The average molecular weight is 267 g/mol. The van der Waals surface area contributed by atoms with Crippen molar-refractivity contribution in [3.63, 3.8) is 0 Å². The molecule has 0 unspecified atom stereocenters. The second-order valence-corrected chi connectivity index (χ2v) is 4.44. The summed E-state index contributed by atoms with van der Waals surface area (Å²) in [5.41, 5.74) is 2.84. The molecule has 5 nitrogen and oxygen atoms in total. The third kappa shape index (κ3) is 1.93. The molecule has 1 aromatic carbocycles. The zero-order valence-corrected chi connectivity index (χ0v) is 11.2. The fraction of sp³-hybridized carbons (Fsp3) is 0.133. The molecule has 0 bridgehead atoms. The first-order chi connectivity index (χ1) is 9.72. The summed E-state index contributed by atoms with van der Waals surface area (Å²) in [6.07, 6.45) is 2.46. The van der Waals surface area contributed by atoms with Gasteiger partial charge < -0.3 is 9.72 Å². The standard InChI is InChI=1S/C15H13N3O2/c1-9-17-14(10-4-3-5-12(6-10)20-2)13-11(8-19)7-16-15(13)18-9/h3-8H,1-2H3,(H,16,17,18). The average Bonchev–Trinajstić information content (AvgIpc) is 2.89. The fourth-order valence-corrected chi connectivity index (χ4v) is 2.24. The molecule has 0 amide bonds. The van der Waals surface area contributed by atoms with Gasteiger partial charge in [-0.05, 0) is 19.1 Å². The molecule has 3 aromatic rings. The van der Waals surface area contributed by atoms with Gasteiger partial charge in [0.25, 0.3) is 0 Å². The van der Waals surface area contributed by atoms with Gasteiger partial charge in [0.2, 0.25) is 0 Å². The summed E-state index contributed by atoms with van der Waals surface area (Å²) >= 11 is 0. The topological polar surface area (TPSA) is 67.9 Å². The van der Waals surface area contributed by atoms with E-state index in [2.05, 4.69) is 15.0 Å².